The van der Waals surface area contributed by atoms with Gasteiger partial charge >= 0.3 is 0 Å². The van der Waals surface area contributed by atoms with E-state index in [-0.39, 0.29) is 30.1 Å². The van der Waals surface area contributed by atoms with Gasteiger partial charge in [0.2, 0.25) is 0 Å². The van der Waals surface area contributed by atoms with Crippen molar-refractivity contribution in [2.45, 2.75) is 37.9 Å². The van der Waals surface area contributed by atoms with Crippen LogP contribution < -0.4 is 5.32 Å². The molecule has 4 rings (SSSR count). The lowest BCUT2D eigenvalue weighted by atomic mass is 9.94. The highest BCUT2D eigenvalue weighted by Crippen LogP contribution is 2.30. The highest BCUT2D eigenvalue weighted by Gasteiger charge is 2.25. The fourth-order valence-electron chi connectivity index (χ4n) is 4.05. The molecule has 0 bridgehead atoms. The third-order valence-electron chi connectivity index (χ3n) is 5.96. The van der Waals surface area contributed by atoms with Gasteiger partial charge in [-0.3, -0.25) is 14.9 Å². The van der Waals surface area contributed by atoms with Gasteiger partial charge in [0.15, 0.2) is 0 Å². The van der Waals surface area contributed by atoms with Gasteiger partial charge < -0.3 is 10.4 Å². The van der Waals surface area contributed by atoms with Gasteiger partial charge in [0, 0.05) is 42.4 Å². The molecule has 1 aliphatic rings. The Morgan fingerprint density at radius 2 is 2.15 bits per heavy atom. The molecule has 1 aliphatic carbocycles. The van der Waals surface area contributed by atoms with E-state index < -0.39 is 23.9 Å². The molecule has 3 atom stereocenters. The molecule has 0 aliphatic heterocycles. The normalized spacial score (nSPS) is 17.2. The molecular formula is C26H26F2N4O2. The number of aliphatic hydroxyl groups is 1. The number of nitrogens with one attached hydrogen (secondary N) is 2. The first-order chi connectivity index (χ1) is 16.5. The predicted molar refractivity (Wildman–Crippen MR) is 126 cm³/mol. The zero-order valence-corrected chi connectivity index (χ0v) is 18.7. The number of rotatable bonds is 8. The number of carbonyl (C=O) groups is 1. The Bertz CT molecular complexity index is 1210. The summed E-state index contributed by atoms with van der Waals surface area (Å²) in [6.45, 7) is 1.80. The van der Waals surface area contributed by atoms with Crippen LogP contribution in [0.2, 0.25) is 0 Å². The van der Waals surface area contributed by atoms with Gasteiger partial charge in [-0.05, 0) is 48.4 Å². The lowest BCUT2D eigenvalue weighted by molar-refractivity contribution is 0.0923. The number of pyridine rings is 1. The lowest BCUT2D eigenvalue weighted by Crippen LogP contribution is -2.39. The molecule has 0 saturated carbocycles. The van der Waals surface area contributed by atoms with Gasteiger partial charge in [0.25, 0.3) is 5.91 Å². The maximum absolute atomic E-state index is 15.0. The third kappa shape index (κ3) is 5.12. The molecule has 1 amide bonds. The van der Waals surface area contributed by atoms with E-state index >= 15 is 0 Å². The predicted octanol–water partition coefficient (Wildman–Crippen LogP) is 4.58. The fourth-order valence-corrected chi connectivity index (χ4v) is 4.05. The summed E-state index contributed by atoms with van der Waals surface area (Å²) in [4.78, 5) is 17.6. The summed E-state index contributed by atoms with van der Waals surface area (Å²) in [5.74, 6) is -1.21. The van der Waals surface area contributed by atoms with Crippen LogP contribution in [0.15, 0.2) is 66.9 Å². The Hall–Kier alpha value is -3.65. The van der Waals surface area contributed by atoms with Gasteiger partial charge in [-0.2, -0.15) is 5.10 Å². The standard InChI is InChI=1S/C26H26F2N4O2/c1-16(21-7-2-3-13-29-21)22(12-14-33)30-26(34)19-5-4-6-20(28)25(19)24-15-23(31-32-24)17-8-10-18(27)11-9-17/h2-10,13,15-16,18,22,33H,11-12,14H2,1H3,(H,30,34)(H,31,32)/t16?,18?,22-/m0/s1. The summed E-state index contributed by atoms with van der Waals surface area (Å²) in [6, 6.07) is 11.1. The number of aromatic amines is 1. The molecule has 3 aromatic rings. The second-order valence-electron chi connectivity index (χ2n) is 8.24. The van der Waals surface area contributed by atoms with Crippen LogP contribution in [-0.2, 0) is 0 Å². The van der Waals surface area contributed by atoms with Crippen molar-refractivity contribution >= 4 is 11.5 Å². The molecule has 0 fully saturated rings. The number of hydrogen-bond acceptors (Lipinski definition) is 4. The summed E-state index contributed by atoms with van der Waals surface area (Å²) in [6.07, 6.45) is 6.05. The zero-order chi connectivity index (χ0) is 24.1. The van der Waals surface area contributed by atoms with Crippen molar-refractivity contribution in [2.75, 3.05) is 6.61 Å². The van der Waals surface area contributed by atoms with Crippen LogP contribution in [0.25, 0.3) is 16.8 Å². The maximum Gasteiger partial charge on any atom is 0.252 e. The number of carbonyl (C=O) groups excluding carboxylic acids is 1. The van der Waals surface area contributed by atoms with E-state index in [4.69, 9.17) is 0 Å². The molecule has 2 aromatic heterocycles. The van der Waals surface area contributed by atoms with E-state index in [1.54, 1.807) is 30.5 Å². The van der Waals surface area contributed by atoms with Gasteiger partial charge in [-0.25, -0.2) is 8.78 Å². The smallest absolute Gasteiger partial charge is 0.252 e. The van der Waals surface area contributed by atoms with Crippen molar-refractivity contribution < 1.29 is 18.7 Å². The van der Waals surface area contributed by atoms with Crippen molar-refractivity contribution in [1.82, 2.24) is 20.5 Å². The van der Waals surface area contributed by atoms with Crippen molar-refractivity contribution in [1.29, 1.82) is 0 Å². The average molecular weight is 465 g/mol. The number of H-pyrrole nitrogens is 1. The Morgan fingerprint density at radius 1 is 1.29 bits per heavy atom. The van der Waals surface area contributed by atoms with E-state index in [1.807, 2.05) is 25.1 Å². The molecule has 2 unspecified atom stereocenters. The Kier molecular flexibility index (Phi) is 7.27. The summed E-state index contributed by atoms with van der Waals surface area (Å²) in [5.41, 5.74) is 2.62. The highest BCUT2D eigenvalue weighted by molar-refractivity contribution is 6.01. The van der Waals surface area contributed by atoms with E-state index in [2.05, 4.69) is 20.5 Å². The minimum atomic E-state index is -1.02. The molecule has 1 aromatic carbocycles. The SMILES string of the molecule is CC(c1ccccn1)[C@H](CCO)NC(=O)c1cccc(F)c1-c1cc(C2=CCC(F)C=C2)n[nH]1. The number of allylic oxidation sites excluding steroid dienone is 4. The second kappa shape index (κ2) is 10.5. The van der Waals surface area contributed by atoms with Crippen LogP contribution in [0.4, 0.5) is 8.78 Å². The summed E-state index contributed by atoms with van der Waals surface area (Å²) in [5, 5.41) is 19.5. The van der Waals surface area contributed by atoms with E-state index in [1.165, 1.54) is 18.2 Å². The topological polar surface area (TPSA) is 90.9 Å². The van der Waals surface area contributed by atoms with Gasteiger partial charge in [-0.1, -0.05) is 31.2 Å². The minimum Gasteiger partial charge on any atom is -0.396 e. The molecule has 3 N–H and O–H groups in total. The number of nitrogens with zero attached hydrogens (tertiary/aromatic N) is 2. The van der Waals surface area contributed by atoms with E-state index in [0.29, 0.717) is 17.8 Å². The molecule has 0 spiro atoms. The first-order valence-corrected chi connectivity index (χ1v) is 11.2. The molecule has 2 heterocycles. The monoisotopic (exact) mass is 464 g/mol. The Balaban J connectivity index is 1.61. The Labute approximate surface area is 196 Å². The number of alkyl halides is 1. The van der Waals surface area contributed by atoms with Gasteiger partial charge in [-0.15, -0.1) is 0 Å². The molecule has 6 nitrogen and oxygen atoms in total. The molecule has 176 valence electrons. The first-order valence-electron chi connectivity index (χ1n) is 11.2. The van der Waals surface area contributed by atoms with Crippen LogP contribution in [-0.4, -0.2) is 45.0 Å². The third-order valence-corrected chi connectivity index (χ3v) is 5.96. The van der Waals surface area contributed by atoms with Crippen LogP contribution in [0.1, 0.15) is 47.4 Å². The average Bonchev–Trinajstić information content (AvgIpc) is 3.34. The fraction of sp³-hybridized carbons (Fsp3) is 0.269. The van der Waals surface area contributed by atoms with Gasteiger partial charge in [0.1, 0.15) is 12.0 Å². The maximum atomic E-state index is 15.0. The van der Waals surface area contributed by atoms with Crippen LogP contribution in [0.3, 0.4) is 0 Å². The number of aromatic nitrogens is 3. The number of hydrogen-bond donors (Lipinski definition) is 3. The molecule has 0 saturated heterocycles. The van der Waals surface area contributed by atoms with E-state index in [0.717, 1.165) is 11.3 Å². The number of halogens is 2. The largest absolute Gasteiger partial charge is 0.396 e. The summed E-state index contributed by atoms with van der Waals surface area (Å²) >= 11 is 0. The van der Waals surface area contributed by atoms with E-state index in [9.17, 15) is 18.7 Å². The Morgan fingerprint density at radius 3 is 2.85 bits per heavy atom. The second-order valence-corrected chi connectivity index (χ2v) is 8.24. The summed E-state index contributed by atoms with van der Waals surface area (Å²) in [7, 11) is 0. The van der Waals surface area contributed by atoms with Crippen molar-refractivity contribution in [3.63, 3.8) is 0 Å². The van der Waals surface area contributed by atoms with Crippen molar-refractivity contribution in [3.8, 4) is 11.3 Å². The first kappa shape index (κ1) is 23.5. The molecule has 0 radical (unpaired) electrons. The van der Waals surface area contributed by atoms with Crippen molar-refractivity contribution in [2.24, 2.45) is 0 Å². The van der Waals surface area contributed by atoms with Crippen LogP contribution in [0.5, 0.6) is 0 Å². The van der Waals surface area contributed by atoms with Crippen molar-refractivity contribution in [3.05, 3.63) is 89.7 Å². The number of amides is 1. The lowest BCUT2D eigenvalue weighted by Gasteiger charge is -2.25. The molecular weight excluding hydrogens is 438 g/mol. The summed E-state index contributed by atoms with van der Waals surface area (Å²) < 4.78 is 28.3. The number of benzene rings is 1. The number of aliphatic hydroxyl groups excluding tert-OH is 1. The zero-order valence-electron chi connectivity index (χ0n) is 18.7. The highest BCUT2D eigenvalue weighted by atomic mass is 19.1. The quantitative estimate of drug-likeness (QED) is 0.455. The molecule has 8 heteroatoms. The minimum absolute atomic E-state index is 0.0933. The van der Waals surface area contributed by atoms with Crippen LogP contribution >= 0.6 is 0 Å². The molecule has 34 heavy (non-hydrogen) atoms. The van der Waals surface area contributed by atoms with Gasteiger partial charge in [0.05, 0.1) is 17.0 Å². The van der Waals surface area contributed by atoms with Crippen LogP contribution in [0, 0.1) is 5.82 Å².